The fourth-order valence-corrected chi connectivity index (χ4v) is 6.70. The van der Waals surface area contributed by atoms with Crippen molar-refractivity contribution in [3.8, 4) is 5.75 Å². The number of aromatic nitrogens is 2. The summed E-state index contributed by atoms with van der Waals surface area (Å²) in [5.41, 5.74) is 0. The molecule has 4 fully saturated rings. The maximum atomic E-state index is 12.7. The van der Waals surface area contributed by atoms with Crippen LogP contribution in [0.4, 0.5) is 5.95 Å². The molecular weight excluding hydrogens is 452 g/mol. The number of anilines is 1. The number of nitrogens with zero attached hydrogens (tertiary/aromatic N) is 5. The number of fused-ring (bicyclic) bond motifs is 3. The van der Waals surface area contributed by atoms with Gasteiger partial charge in [0.15, 0.2) is 0 Å². The lowest BCUT2D eigenvalue weighted by Crippen LogP contribution is -2.59. The molecule has 2 aromatic rings. The van der Waals surface area contributed by atoms with Crippen LogP contribution in [0.3, 0.4) is 0 Å². The van der Waals surface area contributed by atoms with Crippen LogP contribution >= 0.6 is 0 Å². The molecule has 9 nitrogen and oxygen atoms in total. The third-order valence-corrected chi connectivity index (χ3v) is 9.03. The van der Waals surface area contributed by atoms with Gasteiger partial charge in [0.2, 0.25) is 16.0 Å². The Bertz CT molecular complexity index is 1040. The quantitative estimate of drug-likeness (QED) is 0.597. The molecular formula is C24H34N6O3S. The largest absolute Gasteiger partial charge is 0.497 e. The number of hydrogen-bond acceptors (Lipinski definition) is 8. The first-order valence-corrected chi connectivity index (χ1v) is 13.6. The summed E-state index contributed by atoms with van der Waals surface area (Å²) in [5.74, 6) is 2.79. The third kappa shape index (κ3) is 5.19. The van der Waals surface area contributed by atoms with E-state index in [1.165, 1.54) is 6.42 Å². The molecule has 1 unspecified atom stereocenters. The minimum atomic E-state index is -3.52. The highest BCUT2D eigenvalue weighted by Gasteiger charge is 2.41. The first kappa shape index (κ1) is 23.5. The van der Waals surface area contributed by atoms with E-state index in [4.69, 9.17) is 4.74 Å². The maximum absolute atomic E-state index is 12.7. The SMILES string of the molecule is COc1ccc(S(=O)(=O)NC[C@H]2C[C@@H]3CCN2C[C@@H]3CN2CCN(c3ncccn3)CC2)cc1. The molecule has 4 aliphatic heterocycles. The normalized spacial score (nSPS) is 27.6. The summed E-state index contributed by atoms with van der Waals surface area (Å²) >= 11 is 0. The van der Waals surface area contributed by atoms with Crippen molar-refractivity contribution in [1.82, 2.24) is 24.5 Å². The van der Waals surface area contributed by atoms with Gasteiger partial charge in [-0.15, -0.1) is 0 Å². The maximum Gasteiger partial charge on any atom is 0.240 e. The standard InChI is InChI=1S/C24H34N6O3S/c1-33-22-3-5-23(6-4-22)34(31,32)27-16-21-15-19-7-10-30(21)18-20(19)17-28-11-13-29(14-12-28)24-25-8-2-9-26-24/h2-6,8-9,19-21,27H,7,10-18H2,1H3/t19-,20-,21+/m0/s1. The van der Waals surface area contributed by atoms with Gasteiger partial charge in [-0.25, -0.2) is 23.1 Å². The predicted molar refractivity (Wildman–Crippen MR) is 130 cm³/mol. The lowest BCUT2D eigenvalue weighted by atomic mass is 9.75. The molecule has 184 valence electrons. The molecule has 0 amide bonds. The van der Waals surface area contributed by atoms with E-state index in [-0.39, 0.29) is 10.9 Å². The second-order valence-electron chi connectivity index (χ2n) is 9.56. The molecule has 34 heavy (non-hydrogen) atoms. The smallest absolute Gasteiger partial charge is 0.240 e. The molecule has 2 bridgehead atoms. The van der Waals surface area contributed by atoms with Crippen molar-refractivity contribution in [2.45, 2.75) is 23.8 Å². The number of sulfonamides is 1. The molecule has 1 N–H and O–H groups in total. The van der Waals surface area contributed by atoms with Gasteiger partial charge in [-0.2, -0.15) is 0 Å². The number of ether oxygens (including phenoxy) is 1. The fraction of sp³-hybridized carbons (Fsp3) is 0.583. The molecule has 0 radical (unpaired) electrons. The van der Waals surface area contributed by atoms with Gasteiger partial charge < -0.3 is 9.64 Å². The van der Waals surface area contributed by atoms with Crippen molar-refractivity contribution in [2.24, 2.45) is 11.8 Å². The Kier molecular flexibility index (Phi) is 7.01. The van der Waals surface area contributed by atoms with Crippen LogP contribution in [0.5, 0.6) is 5.75 Å². The molecule has 5 heterocycles. The molecule has 10 heteroatoms. The summed E-state index contributed by atoms with van der Waals surface area (Å²) in [6, 6.07) is 8.66. The van der Waals surface area contributed by atoms with Crippen LogP contribution in [-0.4, -0.2) is 93.7 Å². The highest BCUT2D eigenvalue weighted by molar-refractivity contribution is 7.89. The van der Waals surface area contributed by atoms with Gasteiger partial charge in [0.1, 0.15) is 5.75 Å². The van der Waals surface area contributed by atoms with Gasteiger partial charge in [-0.3, -0.25) is 9.80 Å². The zero-order valence-corrected chi connectivity index (χ0v) is 20.5. The monoisotopic (exact) mass is 486 g/mol. The number of piperazine rings is 1. The summed E-state index contributed by atoms with van der Waals surface area (Å²) in [5, 5.41) is 0. The number of benzene rings is 1. The van der Waals surface area contributed by atoms with E-state index in [9.17, 15) is 8.42 Å². The predicted octanol–water partition coefficient (Wildman–Crippen LogP) is 1.30. The lowest BCUT2D eigenvalue weighted by Gasteiger charge is -2.51. The van der Waals surface area contributed by atoms with Crippen LogP contribution in [0.25, 0.3) is 0 Å². The Morgan fingerprint density at radius 3 is 2.44 bits per heavy atom. The van der Waals surface area contributed by atoms with E-state index in [1.54, 1.807) is 43.8 Å². The van der Waals surface area contributed by atoms with Crippen molar-refractivity contribution < 1.29 is 13.2 Å². The van der Waals surface area contributed by atoms with Gasteiger partial charge in [-0.1, -0.05) is 0 Å². The number of rotatable bonds is 8. The molecule has 1 aromatic carbocycles. The van der Waals surface area contributed by atoms with E-state index in [1.807, 2.05) is 6.07 Å². The lowest BCUT2D eigenvalue weighted by molar-refractivity contribution is -0.0108. The minimum absolute atomic E-state index is 0.273. The van der Waals surface area contributed by atoms with Gasteiger partial charge in [0.05, 0.1) is 12.0 Å². The molecule has 0 aliphatic carbocycles. The Labute approximate surface area is 202 Å². The van der Waals surface area contributed by atoms with Gasteiger partial charge in [-0.05, 0) is 61.6 Å². The van der Waals surface area contributed by atoms with E-state index in [0.717, 1.165) is 58.2 Å². The molecule has 6 rings (SSSR count). The topological polar surface area (TPSA) is 90.9 Å². The van der Waals surface area contributed by atoms with E-state index in [0.29, 0.717) is 24.1 Å². The summed E-state index contributed by atoms with van der Waals surface area (Å²) in [6.45, 7) is 7.69. The molecule has 4 saturated heterocycles. The van der Waals surface area contributed by atoms with Crippen molar-refractivity contribution in [3.05, 3.63) is 42.7 Å². The van der Waals surface area contributed by atoms with Crippen LogP contribution in [0.2, 0.25) is 0 Å². The van der Waals surface area contributed by atoms with E-state index < -0.39 is 10.0 Å². The zero-order valence-electron chi connectivity index (χ0n) is 19.7. The summed E-state index contributed by atoms with van der Waals surface area (Å²) in [7, 11) is -1.95. The minimum Gasteiger partial charge on any atom is -0.497 e. The fourth-order valence-electron chi connectivity index (χ4n) is 5.63. The van der Waals surface area contributed by atoms with Crippen LogP contribution in [0.15, 0.2) is 47.6 Å². The average Bonchev–Trinajstić information content (AvgIpc) is 2.89. The summed E-state index contributed by atoms with van der Waals surface area (Å²) in [4.78, 5) is 16.4. The molecule has 0 spiro atoms. The number of piperidine rings is 3. The number of hydrogen-bond donors (Lipinski definition) is 1. The summed E-state index contributed by atoms with van der Waals surface area (Å²) < 4.78 is 33.5. The van der Waals surface area contributed by atoms with Crippen LogP contribution in [0.1, 0.15) is 12.8 Å². The Balaban J connectivity index is 1.11. The first-order valence-electron chi connectivity index (χ1n) is 12.1. The number of nitrogens with one attached hydrogen (secondary N) is 1. The summed E-state index contributed by atoms with van der Waals surface area (Å²) in [6.07, 6.45) is 5.88. The second-order valence-corrected chi connectivity index (χ2v) is 11.3. The Morgan fingerprint density at radius 1 is 1.06 bits per heavy atom. The zero-order chi connectivity index (χ0) is 23.5. The molecule has 4 aliphatic rings. The van der Waals surface area contributed by atoms with Crippen molar-refractivity contribution in [3.63, 3.8) is 0 Å². The van der Waals surface area contributed by atoms with Crippen LogP contribution in [0, 0.1) is 11.8 Å². The van der Waals surface area contributed by atoms with Gasteiger partial charge in [0, 0.05) is 64.2 Å². The van der Waals surface area contributed by atoms with Crippen molar-refractivity contribution >= 4 is 16.0 Å². The third-order valence-electron chi connectivity index (χ3n) is 7.59. The highest BCUT2D eigenvalue weighted by atomic mass is 32.2. The highest BCUT2D eigenvalue weighted by Crippen LogP contribution is 2.36. The second kappa shape index (κ2) is 10.2. The molecule has 1 aromatic heterocycles. The Hall–Kier alpha value is -2.27. The average molecular weight is 487 g/mol. The van der Waals surface area contributed by atoms with Crippen LogP contribution < -0.4 is 14.4 Å². The molecule has 4 atom stereocenters. The van der Waals surface area contributed by atoms with Crippen LogP contribution in [-0.2, 0) is 10.0 Å². The Morgan fingerprint density at radius 2 is 1.79 bits per heavy atom. The van der Waals surface area contributed by atoms with Gasteiger partial charge in [0.25, 0.3) is 0 Å². The van der Waals surface area contributed by atoms with Crippen molar-refractivity contribution in [1.29, 1.82) is 0 Å². The van der Waals surface area contributed by atoms with Gasteiger partial charge >= 0.3 is 0 Å². The van der Waals surface area contributed by atoms with Crippen molar-refractivity contribution in [2.75, 3.05) is 64.4 Å². The first-order chi connectivity index (χ1) is 16.5. The van der Waals surface area contributed by atoms with E-state index >= 15 is 0 Å². The van der Waals surface area contributed by atoms with E-state index in [2.05, 4.69) is 29.4 Å². The molecule has 0 saturated carbocycles. The number of methoxy groups -OCH3 is 1.